The first-order chi connectivity index (χ1) is 9.35. The summed E-state index contributed by atoms with van der Waals surface area (Å²) in [5, 5.41) is 9.14. The molecule has 1 aromatic heterocycles. The topological polar surface area (TPSA) is 49.5 Å². The zero-order valence-electron chi connectivity index (χ0n) is 10.8. The van der Waals surface area contributed by atoms with Crippen LogP contribution in [0.5, 0.6) is 0 Å². The number of hydrogen-bond donors (Lipinski definition) is 1. The Hall–Kier alpha value is -1.65. The third kappa shape index (κ3) is 2.85. The fraction of sp³-hybridized carbons (Fsp3) is 0.400. The predicted octanol–water partition coefficient (Wildman–Crippen LogP) is 2.16. The zero-order valence-corrected chi connectivity index (χ0v) is 10.8. The van der Waals surface area contributed by atoms with Gasteiger partial charge in [-0.05, 0) is 18.9 Å². The van der Waals surface area contributed by atoms with Gasteiger partial charge in [0, 0.05) is 18.7 Å². The fourth-order valence-corrected chi connectivity index (χ4v) is 2.52. The lowest BCUT2D eigenvalue weighted by molar-refractivity contribution is 0.215. The van der Waals surface area contributed by atoms with Crippen LogP contribution in [0.15, 0.2) is 40.9 Å². The number of rotatable bonds is 4. The molecule has 2 aromatic rings. The summed E-state index contributed by atoms with van der Waals surface area (Å²) in [5.41, 5.74) is 1.05. The average Bonchev–Trinajstić information content (AvgIpc) is 3.09. The van der Waals surface area contributed by atoms with Crippen molar-refractivity contribution < 1.29 is 9.52 Å². The van der Waals surface area contributed by atoms with Gasteiger partial charge in [0.15, 0.2) is 5.76 Å². The predicted molar refractivity (Wildman–Crippen MR) is 72.4 cm³/mol. The third-order valence-electron chi connectivity index (χ3n) is 3.60. The number of aliphatic hydroxyl groups excluding tert-OH is 1. The Morgan fingerprint density at radius 3 is 2.89 bits per heavy atom. The SMILES string of the molecule is OCC1CCN(Cc2ncc(-c3ccccc3)o2)C1. The van der Waals surface area contributed by atoms with Crippen LogP contribution in [0.2, 0.25) is 0 Å². The first-order valence-electron chi connectivity index (χ1n) is 6.68. The molecule has 1 fully saturated rings. The van der Waals surface area contributed by atoms with E-state index in [9.17, 15) is 0 Å². The molecule has 2 heterocycles. The number of likely N-dealkylation sites (tertiary alicyclic amines) is 1. The van der Waals surface area contributed by atoms with E-state index in [0.717, 1.165) is 43.3 Å². The van der Waals surface area contributed by atoms with Gasteiger partial charge in [-0.25, -0.2) is 4.98 Å². The molecule has 4 heteroatoms. The second-order valence-corrected chi connectivity index (χ2v) is 5.06. The molecule has 0 radical (unpaired) electrons. The Kier molecular flexibility index (Phi) is 3.62. The summed E-state index contributed by atoms with van der Waals surface area (Å²) in [6, 6.07) is 10.00. The molecule has 0 bridgehead atoms. The van der Waals surface area contributed by atoms with Gasteiger partial charge in [-0.3, -0.25) is 4.90 Å². The van der Waals surface area contributed by atoms with Crippen LogP contribution in [-0.2, 0) is 6.54 Å². The summed E-state index contributed by atoms with van der Waals surface area (Å²) >= 11 is 0. The van der Waals surface area contributed by atoms with Gasteiger partial charge >= 0.3 is 0 Å². The molecule has 1 aromatic carbocycles. The van der Waals surface area contributed by atoms with E-state index in [1.807, 2.05) is 30.3 Å². The highest BCUT2D eigenvalue weighted by molar-refractivity contribution is 5.55. The molecular formula is C15H18N2O2. The molecule has 1 N–H and O–H groups in total. The smallest absolute Gasteiger partial charge is 0.209 e. The van der Waals surface area contributed by atoms with E-state index in [-0.39, 0.29) is 6.61 Å². The first kappa shape index (κ1) is 12.4. The minimum Gasteiger partial charge on any atom is -0.439 e. The number of oxazole rings is 1. The molecule has 3 rings (SSSR count). The standard InChI is InChI=1S/C15H18N2O2/c18-11-12-6-7-17(9-12)10-15-16-8-14(19-15)13-4-2-1-3-5-13/h1-5,8,12,18H,6-7,9-11H2. The van der Waals surface area contributed by atoms with Gasteiger partial charge in [0.1, 0.15) is 0 Å². The van der Waals surface area contributed by atoms with Crippen molar-refractivity contribution in [2.24, 2.45) is 5.92 Å². The molecule has 0 aliphatic carbocycles. The maximum Gasteiger partial charge on any atom is 0.209 e. The van der Waals surface area contributed by atoms with Crippen molar-refractivity contribution in [1.29, 1.82) is 0 Å². The monoisotopic (exact) mass is 258 g/mol. The van der Waals surface area contributed by atoms with Crippen molar-refractivity contribution in [3.63, 3.8) is 0 Å². The Morgan fingerprint density at radius 1 is 1.32 bits per heavy atom. The van der Waals surface area contributed by atoms with Crippen LogP contribution in [0.1, 0.15) is 12.3 Å². The highest BCUT2D eigenvalue weighted by Gasteiger charge is 2.22. The van der Waals surface area contributed by atoms with Crippen LogP contribution < -0.4 is 0 Å². The molecule has 100 valence electrons. The second kappa shape index (κ2) is 5.55. The van der Waals surface area contributed by atoms with E-state index in [4.69, 9.17) is 9.52 Å². The van der Waals surface area contributed by atoms with Crippen LogP contribution >= 0.6 is 0 Å². The van der Waals surface area contributed by atoms with E-state index < -0.39 is 0 Å². The molecular weight excluding hydrogens is 240 g/mol. The van der Waals surface area contributed by atoms with E-state index >= 15 is 0 Å². The van der Waals surface area contributed by atoms with Gasteiger partial charge in [-0.2, -0.15) is 0 Å². The Morgan fingerprint density at radius 2 is 2.16 bits per heavy atom. The third-order valence-corrected chi connectivity index (χ3v) is 3.60. The highest BCUT2D eigenvalue weighted by Crippen LogP contribution is 2.22. The molecule has 1 atom stereocenters. The highest BCUT2D eigenvalue weighted by atomic mass is 16.4. The minimum absolute atomic E-state index is 0.275. The van der Waals surface area contributed by atoms with Gasteiger partial charge in [0.05, 0.1) is 12.7 Å². The van der Waals surface area contributed by atoms with E-state index in [2.05, 4.69) is 9.88 Å². The molecule has 1 saturated heterocycles. The van der Waals surface area contributed by atoms with Gasteiger partial charge < -0.3 is 9.52 Å². The van der Waals surface area contributed by atoms with Crippen LogP contribution in [0.3, 0.4) is 0 Å². The maximum absolute atomic E-state index is 9.14. The summed E-state index contributed by atoms with van der Waals surface area (Å²) in [7, 11) is 0. The van der Waals surface area contributed by atoms with Crippen molar-refractivity contribution in [2.75, 3.05) is 19.7 Å². The summed E-state index contributed by atoms with van der Waals surface area (Å²) in [4.78, 5) is 6.62. The van der Waals surface area contributed by atoms with E-state index in [1.165, 1.54) is 0 Å². The van der Waals surface area contributed by atoms with Crippen molar-refractivity contribution in [3.8, 4) is 11.3 Å². The van der Waals surface area contributed by atoms with Crippen LogP contribution in [0, 0.1) is 5.92 Å². The number of aliphatic hydroxyl groups is 1. The molecule has 0 amide bonds. The summed E-state index contributed by atoms with van der Waals surface area (Å²) in [6.07, 6.45) is 2.84. The van der Waals surface area contributed by atoms with Crippen molar-refractivity contribution in [1.82, 2.24) is 9.88 Å². The average molecular weight is 258 g/mol. The number of benzene rings is 1. The molecule has 4 nitrogen and oxygen atoms in total. The van der Waals surface area contributed by atoms with E-state index in [0.29, 0.717) is 5.92 Å². The second-order valence-electron chi connectivity index (χ2n) is 5.06. The molecule has 0 saturated carbocycles. The summed E-state index contributed by atoms with van der Waals surface area (Å²) in [6.45, 7) is 2.94. The summed E-state index contributed by atoms with van der Waals surface area (Å²) in [5.74, 6) is 1.97. The number of aromatic nitrogens is 1. The molecule has 1 aliphatic heterocycles. The van der Waals surface area contributed by atoms with E-state index in [1.54, 1.807) is 6.20 Å². The van der Waals surface area contributed by atoms with Gasteiger partial charge in [0.2, 0.25) is 5.89 Å². The van der Waals surface area contributed by atoms with Gasteiger partial charge in [-0.15, -0.1) is 0 Å². The quantitative estimate of drug-likeness (QED) is 0.913. The van der Waals surface area contributed by atoms with Crippen LogP contribution in [0.4, 0.5) is 0 Å². The molecule has 19 heavy (non-hydrogen) atoms. The first-order valence-corrected chi connectivity index (χ1v) is 6.68. The molecule has 1 unspecified atom stereocenters. The zero-order chi connectivity index (χ0) is 13.1. The lowest BCUT2D eigenvalue weighted by Crippen LogP contribution is -2.21. The maximum atomic E-state index is 9.14. The Labute approximate surface area is 112 Å². The summed E-state index contributed by atoms with van der Waals surface area (Å²) < 4.78 is 5.79. The lowest BCUT2D eigenvalue weighted by Gasteiger charge is -2.12. The Bertz CT molecular complexity index is 524. The van der Waals surface area contributed by atoms with Crippen LogP contribution in [-0.4, -0.2) is 34.7 Å². The molecule has 0 spiro atoms. The fourth-order valence-electron chi connectivity index (χ4n) is 2.52. The van der Waals surface area contributed by atoms with Crippen molar-refractivity contribution in [3.05, 3.63) is 42.4 Å². The number of nitrogens with zero attached hydrogens (tertiary/aromatic N) is 2. The van der Waals surface area contributed by atoms with Crippen molar-refractivity contribution in [2.45, 2.75) is 13.0 Å². The van der Waals surface area contributed by atoms with Crippen LogP contribution in [0.25, 0.3) is 11.3 Å². The lowest BCUT2D eigenvalue weighted by atomic mass is 10.1. The van der Waals surface area contributed by atoms with Crippen molar-refractivity contribution >= 4 is 0 Å². The van der Waals surface area contributed by atoms with Gasteiger partial charge in [-0.1, -0.05) is 30.3 Å². The Balaban J connectivity index is 1.66. The molecule has 1 aliphatic rings. The largest absolute Gasteiger partial charge is 0.439 e. The number of hydrogen-bond acceptors (Lipinski definition) is 4. The minimum atomic E-state index is 0.275. The van der Waals surface area contributed by atoms with Gasteiger partial charge in [0.25, 0.3) is 0 Å². The normalized spacial score (nSPS) is 19.9.